The van der Waals surface area contributed by atoms with Gasteiger partial charge in [-0.1, -0.05) is 25.0 Å². The van der Waals surface area contributed by atoms with Crippen LogP contribution < -0.4 is 0 Å². The van der Waals surface area contributed by atoms with Crippen LogP contribution in [0.15, 0.2) is 24.3 Å². The maximum Gasteiger partial charge on any atom is 0.123 e. The number of benzene rings is 1. The topological polar surface area (TPSA) is 15.7 Å². The third kappa shape index (κ3) is 4.60. The van der Waals surface area contributed by atoms with Crippen LogP contribution in [0.5, 0.6) is 0 Å². The Morgan fingerprint density at radius 3 is 2.40 bits per heavy atom. The van der Waals surface area contributed by atoms with Crippen molar-refractivity contribution in [3.8, 4) is 0 Å². The second kappa shape index (κ2) is 8.61. The van der Waals surface area contributed by atoms with E-state index < -0.39 is 0 Å². The molecule has 4 heteroatoms. The van der Waals surface area contributed by atoms with Crippen LogP contribution in [0.25, 0.3) is 0 Å². The summed E-state index contributed by atoms with van der Waals surface area (Å²) >= 11 is 0. The van der Waals surface area contributed by atoms with Crippen LogP contribution in [-0.2, 0) is 10.2 Å². The molecule has 1 aliphatic carbocycles. The summed E-state index contributed by atoms with van der Waals surface area (Å²) < 4.78 is 18.8. The Kier molecular flexibility index (Phi) is 6.48. The van der Waals surface area contributed by atoms with Crippen molar-refractivity contribution in [1.29, 1.82) is 0 Å². The molecule has 1 aliphatic heterocycles. The molecule has 0 spiro atoms. The Morgan fingerprint density at radius 1 is 1.16 bits per heavy atom. The average Bonchev–Trinajstić information content (AvgIpc) is 3.10. The lowest BCUT2D eigenvalue weighted by molar-refractivity contribution is 0.0669. The number of hydrogen-bond acceptors (Lipinski definition) is 3. The average molecular weight is 349 g/mol. The van der Waals surface area contributed by atoms with Crippen LogP contribution in [-0.4, -0.2) is 62.8 Å². The lowest BCUT2D eigenvalue weighted by atomic mass is 9.78. The summed E-state index contributed by atoms with van der Waals surface area (Å²) in [5.74, 6) is -0.136. The van der Waals surface area contributed by atoms with E-state index >= 15 is 0 Å². The number of likely N-dealkylation sites (tertiary alicyclic amines) is 1. The molecule has 0 N–H and O–H groups in total. The fourth-order valence-electron chi connectivity index (χ4n) is 4.74. The summed E-state index contributed by atoms with van der Waals surface area (Å²) in [5, 5.41) is 0. The third-order valence-corrected chi connectivity index (χ3v) is 6.31. The highest BCUT2D eigenvalue weighted by atomic mass is 19.1. The monoisotopic (exact) mass is 348 g/mol. The number of ether oxygens (including phenoxy) is 1. The Morgan fingerprint density at radius 2 is 1.80 bits per heavy atom. The minimum atomic E-state index is -0.136. The Hall–Kier alpha value is -0.970. The first-order valence-corrected chi connectivity index (χ1v) is 9.80. The van der Waals surface area contributed by atoms with Crippen molar-refractivity contribution in [2.24, 2.45) is 0 Å². The molecule has 1 saturated heterocycles. The lowest BCUT2D eigenvalue weighted by Crippen LogP contribution is -2.49. The number of methoxy groups -OCH3 is 1. The van der Waals surface area contributed by atoms with Crippen LogP contribution >= 0.6 is 0 Å². The molecule has 1 saturated carbocycles. The summed E-state index contributed by atoms with van der Waals surface area (Å²) in [7, 11) is 4.00. The molecule has 0 unspecified atom stereocenters. The first-order chi connectivity index (χ1) is 12.1. The van der Waals surface area contributed by atoms with E-state index in [1.165, 1.54) is 57.2 Å². The van der Waals surface area contributed by atoms with Crippen molar-refractivity contribution in [2.45, 2.75) is 50.0 Å². The molecule has 1 heterocycles. The van der Waals surface area contributed by atoms with Crippen LogP contribution in [0.3, 0.4) is 0 Å². The van der Waals surface area contributed by atoms with Gasteiger partial charge in [0.25, 0.3) is 0 Å². The first kappa shape index (κ1) is 18.8. The number of rotatable bonds is 7. The number of nitrogens with zero attached hydrogens (tertiary/aromatic N) is 2. The van der Waals surface area contributed by atoms with Gasteiger partial charge in [-0.25, -0.2) is 4.39 Å². The quantitative estimate of drug-likeness (QED) is 0.748. The highest BCUT2D eigenvalue weighted by molar-refractivity contribution is 5.28. The van der Waals surface area contributed by atoms with Crippen molar-refractivity contribution in [3.05, 3.63) is 35.6 Å². The summed E-state index contributed by atoms with van der Waals surface area (Å²) in [6.07, 6.45) is 7.47. The van der Waals surface area contributed by atoms with Gasteiger partial charge < -0.3 is 9.64 Å². The standard InChI is InChI=1S/C21H33FN2O/c1-23-13-9-20(10-14-23)24(15-16-25-2)17-21(11-3-4-12-21)18-5-7-19(22)8-6-18/h5-8,20H,3-4,9-17H2,1-2H3. The summed E-state index contributed by atoms with van der Waals surface area (Å²) in [6.45, 7) is 5.21. The van der Waals surface area contributed by atoms with Crippen LogP contribution in [0.1, 0.15) is 44.1 Å². The summed E-state index contributed by atoms with van der Waals surface area (Å²) in [6, 6.07) is 7.94. The van der Waals surface area contributed by atoms with Gasteiger partial charge in [0.05, 0.1) is 6.61 Å². The van der Waals surface area contributed by atoms with E-state index in [1.54, 1.807) is 19.2 Å². The third-order valence-electron chi connectivity index (χ3n) is 6.31. The van der Waals surface area contributed by atoms with Gasteiger partial charge in [-0.2, -0.15) is 0 Å². The van der Waals surface area contributed by atoms with E-state index in [1.807, 2.05) is 12.1 Å². The minimum absolute atomic E-state index is 0.136. The van der Waals surface area contributed by atoms with Crippen LogP contribution in [0.2, 0.25) is 0 Å². The molecule has 0 radical (unpaired) electrons. The second-order valence-corrected chi connectivity index (χ2v) is 7.99. The van der Waals surface area contributed by atoms with E-state index in [0.29, 0.717) is 6.04 Å². The molecule has 2 fully saturated rings. The predicted molar refractivity (Wildman–Crippen MR) is 101 cm³/mol. The smallest absolute Gasteiger partial charge is 0.123 e. The first-order valence-electron chi connectivity index (χ1n) is 9.80. The van der Waals surface area contributed by atoms with Crippen molar-refractivity contribution in [3.63, 3.8) is 0 Å². The molecule has 2 aliphatic rings. The van der Waals surface area contributed by atoms with E-state index in [-0.39, 0.29) is 11.2 Å². The van der Waals surface area contributed by atoms with Gasteiger partial charge in [0.2, 0.25) is 0 Å². The van der Waals surface area contributed by atoms with Crippen molar-refractivity contribution in [1.82, 2.24) is 9.80 Å². The molecule has 0 atom stereocenters. The molecular formula is C21H33FN2O. The van der Waals surface area contributed by atoms with Gasteiger partial charge >= 0.3 is 0 Å². The van der Waals surface area contributed by atoms with Gasteiger partial charge in [-0.15, -0.1) is 0 Å². The van der Waals surface area contributed by atoms with Gasteiger partial charge in [-0.05, 0) is 63.5 Å². The second-order valence-electron chi connectivity index (χ2n) is 7.99. The molecule has 0 bridgehead atoms. The zero-order valence-electron chi connectivity index (χ0n) is 15.8. The van der Waals surface area contributed by atoms with E-state index in [2.05, 4.69) is 16.8 Å². The lowest BCUT2D eigenvalue weighted by Gasteiger charge is -2.42. The maximum absolute atomic E-state index is 13.4. The maximum atomic E-state index is 13.4. The van der Waals surface area contributed by atoms with Gasteiger partial charge in [0.1, 0.15) is 5.82 Å². The van der Waals surface area contributed by atoms with E-state index in [4.69, 9.17) is 4.74 Å². The van der Waals surface area contributed by atoms with Gasteiger partial charge in [0, 0.05) is 31.7 Å². The van der Waals surface area contributed by atoms with E-state index in [9.17, 15) is 4.39 Å². The zero-order chi connectivity index (χ0) is 17.7. The summed E-state index contributed by atoms with van der Waals surface area (Å²) in [4.78, 5) is 5.10. The highest BCUT2D eigenvalue weighted by Crippen LogP contribution is 2.42. The Balaban J connectivity index is 1.78. The van der Waals surface area contributed by atoms with Gasteiger partial charge in [0.15, 0.2) is 0 Å². The molecule has 1 aromatic carbocycles. The molecule has 0 amide bonds. The Bertz CT molecular complexity index is 519. The van der Waals surface area contributed by atoms with Crippen molar-refractivity contribution in [2.75, 3.05) is 46.9 Å². The molecule has 1 aromatic rings. The molecule has 140 valence electrons. The molecule has 0 aromatic heterocycles. The molecule has 3 nitrogen and oxygen atoms in total. The fourth-order valence-corrected chi connectivity index (χ4v) is 4.74. The largest absolute Gasteiger partial charge is 0.383 e. The normalized spacial score (nSPS) is 21.9. The van der Waals surface area contributed by atoms with Crippen LogP contribution in [0, 0.1) is 5.82 Å². The zero-order valence-corrected chi connectivity index (χ0v) is 15.8. The molecular weight excluding hydrogens is 315 g/mol. The molecule has 3 rings (SSSR count). The summed E-state index contributed by atoms with van der Waals surface area (Å²) in [5.41, 5.74) is 1.51. The number of hydrogen-bond donors (Lipinski definition) is 0. The van der Waals surface area contributed by atoms with Crippen molar-refractivity contribution < 1.29 is 9.13 Å². The number of halogens is 1. The molecule has 25 heavy (non-hydrogen) atoms. The number of piperidine rings is 1. The highest BCUT2D eigenvalue weighted by Gasteiger charge is 2.39. The van der Waals surface area contributed by atoms with E-state index in [0.717, 1.165) is 19.7 Å². The Labute approximate surface area is 152 Å². The van der Waals surface area contributed by atoms with Gasteiger partial charge in [-0.3, -0.25) is 4.90 Å². The van der Waals surface area contributed by atoms with Crippen molar-refractivity contribution >= 4 is 0 Å². The predicted octanol–water partition coefficient (Wildman–Crippen LogP) is 3.68. The SMILES string of the molecule is COCCN(CC1(c2ccc(F)cc2)CCCC1)C1CCN(C)CC1. The fraction of sp³-hybridized carbons (Fsp3) is 0.714. The van der Waals surface area contributed by atoms with Crippen LogP contribution in [0.4, 0.5) is 4.39 Å². The minimum Gasteiger partial charge on any atom is -0.383 e.